The monoisotopic (exact) mass is 289 g/mol. The quantitative estimate of drug-likeness (QED) is 0.778. The smallest absolute Gasteiger partial charge is 0.382 e. The van der Waals surface area contributed by atoms with Crippen LogP contribution in [0.25, 0.3) is 0 Å². The van der Waals surface area contributed by atoms with Gasteiger partial charge < -0.3 is 14.8 Å². The molecule has 0 saturated heterocycles. The van der Waals surface area contributed by atoms with Gasteiger partial charge in [0.2, 0.25) is 0 Å². The molecule has 1 aromatic rings. The summed E-state index contributed by atoms with van der Waals surface area (Å²) in [4.78, 5) is 3.41. The summed E-state index contributed by atoms with van der Waals surface area (Å²) >= 11 is 0. The number of halogens is 3. The first-order chi connectivity index (χ1) is 9.49. The van der Waals surface area contributed by atoms with Crippen molar-refractivity contribution >= 4 is 5.82 Å². The first kappa shape index (κ1) is 16.2. The van der Waals surface area contributed by atoms with Crippen molar-refractivity contribution in [3.63, 3.8) is 0 Å². The second-order valence-electron chi connectivity index (χ2n) is 3.73. The molecule has 20 heavy (non-hydrogen) atoms. The van der Waals surface area contributed by atoms with E-state index in [9.17, 15) is 13.2 Å². The average molecular weight is 289 g/mol. The molecule has 0 fully saturated rings. The Morgan fingerprint density at radius 1 is 1.30 bits per heavy atom. The Hall–Kier alpha value is -1.85. The number of hydrogen-bond donors (Lipinski definition) is 1. The van der Waals surface area contributed by atoms with Gasteiger partial charge >= 0.3 is 6.18 Å². The van der Waals surface area contributed by atoms with Crippen LogP contribution in [-0.4, -0.2) is 38.5 Å². The maximum atomic E-state index is 12.5. The molecule has 0 aliphatic rings. The molecule has 0 amide bonds. The number of anilines is 1. The van der Waals surface area contributed by atoms with E-state index in [1.165, 1.54) is 7.11 Å². The number of aromatic nitrogens is 1. The van der Waals surface area contributed by atoms with Gasteiger partial charge in [-0.25, -0.2) is 4.98 Å². The summed E-state index contributed by atoms with van der Waals surface area (Å²) in [6, 6.07) is 3.65. The lowest BCUT2D eigenvalue weighted by atomic mass is 10.2. The molecule has 1 rings (SSSR count). The van der Waals surface area contributed by atoms with Crippen LogP contribution in [0.15, 0.2) is 12.1 Å². The summed E-state index contributed by atoms with van der Waals surface area (Å²) in [6.45, 7) is 1.34. The van der Waals surface area contributed by atoms with Crippen molar-refractivity contribution in [2.24, 2.45) is 0 Å². The van der Waals surface area contributed by atoms with Crippen LogP contribution in [0.4, 0.5) is 19.0 Å². The first-order valence-corrected chi connectivity index (χ1v) is 5.78. The van der Waals surface area contributed by atoms with Crippen LogP contribution in [0.5, 0.6) is 0 Å². The number of methoxy groups -OCH3 is 1. The number of hydrogen-bond acceptors (Lipinski definition) is 5. The summed E-state index contributed by atoms with van der Waals surface area (Å²) in [7, 11) is 1.54. The molecule has 8 heteroatoms. The molecule has 0 spiro atoms. The van der Waals surface area contributed by atoms with Crippen molar-refractivity contribution in [2.45, 2.75) is 6.18 Å². The largest absolute Gasteiger partial charge is 0.433 e. The Labute approximate surface area is 114 Å². The highest BCUT2D eigenvalue weighted by atomic mass is 19.4. The molecule has 1 heterocycles. The van der Waals surface area contributed by atoms with Gasteiger partial charge in [0.25, 0.3) is 0 Å². The third-order valence-corrected chi connectivity index (χ3v) is 2.28. The predicted octanol–water partition coefficient (Wildman–Crippen LogP) is 2.05. The SMILES string of the molecule is COCCOCCNc1nc(C(F)(F)F)ccc1C#N. The Balaban J connectivity index is 2.61. The minimum absolute atomic E-state index is 0.0508. The van der Waals surface area contributed by atoms with Crippen molar-refractivity contribution in [3.8, 4) is 6.07 Å². The summed E-state index contributed by atoms with van der Waals surface area (Å²) < 4.78 is 47.5. The first-order valence-electron chi connectivity index (χ1n) is 5.78. The van der Waals surface area contributed by atoms with Crippen molar-refractivity contribution in [3.05, 3.63) is 23.4 Å². The highest BCUT2D eigenvalue weighted by Gasteiger charge is 2.33. The van der Waals surface area contributed by atoms with Crippen LogP contribution < -0.4 is 5.32 Å². The van der Waals surface area contributed by atoms with Crippen LogP contribution >= 0.6 is 0 Å². The molecular weight excluding hydrogens is 275 g/mol. The van der Waals surface area contributed by atoms with Gasteiger partial charge in [-0.1, -0.05) is 0 Å². The van der Waals surface area contributed by atoms with Gasteiger partial charge in [-0.15, -0.1) is 0 Å². The Morgan fingerprint density at radius 3 is 2.65 bits per heavy atom. The average Bonchev–Trinajstić information content (AvgIpc) is 2.41. The Bertz CT molecular complexity index is 472. The second-order valence-corrected chi connectivity index (χ2v) is 3.73. The molecule has 0 aromatic carbocycles. The lowest BCUT2D eigenvalue weighted by molar-refractivity contribution is -0.141. The summed E-state index contributed by atoms with van der Waals surface area (Å²) in [5.74, 6) is -0.0994. The number of rotatable bonds is 7. The van der Waals surface area contributed by atoms with E-state index >= 15 is 0 Å². The molecule has 0 saturated carbocycles. The fraction of sp³-hybridized carbons (Fsp3) is 0.500. The standard InChI is InChI=1S/C12H14F3N3O2/c1-19-6-7-20-5-4-17-11-9(8-16)2-3-10(18-11)12(13,14)15/h2-3H,4-7H2,1H3,(H,17,18). The molecule has 0 aliphatic heterocycles. The van der Waals surface area contributed by atoms with Gasteiger partial charge in [0.15, 0.2) is 0 Å². The lowest BCUT2D eigenvalue weighted by Gasteiger charge is -2.11. The number of nitrogens with zero attached hydrogens (tertiary/aromatic N) is 2. The third kappa shape index (κ3) is 5.03. The molecule has 0 aliphatic carbocycles. The molecule has 110 valence electrons. The maximum Gasteiger partial charge on any atom is 0.433 e. The topological polar surface area (TPSA) is 67.2 Å². The van der Waals surface area contributed by atoms with E-state index in [1.54, 1.807) is 6.07 Å². The van der Waals surface area contributed by atoms with Gasteiger partial charge in [-0.05, 0) is 12.1 Å². The van der Waals surface area contributed by atoms with Gasteiger partial charge in [0.05, 0.1) is 25.4 Å². The van der Waals surface area contributed by atoms with Crippen LogP contribution in [0, 0.1) is 11.3 Å². The minimum Gasteiger partial charge on any atom is -0.382 e. The molecule has 1 N–H and O–H groups in total. The zero-order valence-electron chi connectivity index (χ0n) is 10.8. The van der Waals surface area contributed by atoms with E-state index in [-0.39, 0.29) is 24.5 Å². The van der Waals surface area contributed by atoms with Gasteiger partial charge in [-0.2, -0.15) is 18.4 Å². The molecule has 0 radical (unpaired) electrons. The molecular formula is C12H14F3N3O2. The normalized spacial score (nSPS) is 11.2. The molecule has 0 atom stereocenters. The number of nitrogens with one attached hydrogen (secondary N) is 1. The van der Waals surface area contributed by atoms with Crippen LogP contribution in [-0.2, 0) is 15.7 Å². The zero-order valence-corrected chi connectivity index (χ0v) is 10.8. The molecule has 5 nitrogen and oxygen atoms in total. The van der Waals surface area contributed by atoms with Crippen LogP contribution in [0.1, 0.15) is 11.3 Å². The van der Waals surface area contributed by atoms with E-state index < -0.39 is 11.9 Å². The van der Waals surface area contributed by atoms with Gasteiger partial charge in [0.1, 0.15) is 17.6 Å². The van der Waals surface area contributed by atoms with Crippen LogP contribution in [0.3, 0.4) is 0 Å². The van der Waals surface area contributed by atoms with Crippen molar-refractivity contribution in [2.75, 3.05) is 38.8 Å². The van der Waals surface area contributed by atoms with Gasteiger partial charge in [-0.3, -0.25) is 0 Å². The minimum atomic E-state index is -4.54. The fourth-order valence-electron chi connectivity index (χ4n) is 1.33. The summed E-state index contributed by atoms with van der Waals surface area (Å²) in [5, 5.41) is 11.5. The van der Waals surface area contributed by atoms with Crippen molar-refractivity contribution in [1.29, 1.82) is 5.26 Å². The number of pyridine rings is 1. The lowest BCUT2D eigenvalue weighted by Crippen LogP contribution is -2.15. The Kier molecular flexibility index (Phi) is 6.21. The van der Waals surface area contributed by atoms with Crippen molar-refractivity contribution in [1.82, 2.24) is 4.98 Å². The van der Waals surface area contributed by atoms with E-state index in [2.05, 4.69) is 10.3 Å². The number of nitriles is 1. The highest BCUT2D eigenvalue weighted by molar-refractivity contribution is 5.52. The van der Waals surface area contributed by atoms with E-state index in [0.717, 1.165) is 12.1 Å². The fourth-order valence-corrected chi connectivity index (χ4v) is 1.33. The second kappa shape index (κ2) is 7.67. The van der Waals surface area contributed by atoms with Gasteiger partial charge in [0, 0.05) is 13.7 Å². The summed E-state index contributed by atoms with van der Waals surface area (Å²) in [6.07, 6.45) is -4.54. The van der Waals surface area contributed by atoms with E-state index in [1.807, 2.05) is 0 Å². The van der Waals surface area contributed by atoms with E-state index in [4.69, 9.17) is 14.7 Å². The molecule has 0 bridgehead atoms. The highest BCUT2D eigenvalue weighted by Crippen LogP contribution is 2.29. The molecule has 0 unspecified atom stereocenters. The predicted molar refractivity (Wildman–Crippen MR) is 65.1 cm³/mol. The third-order valence-electron chi connectivity index (χ3n) is 2.28. The number of ether oxygens (including phenoxy) is 2. The summed E-state index contributed by atoms with van der Waals surface area (Å²) in [5.41, 5.74) is -0.991. The Morgan fingerprint density at radius 2 is 2.05 bits per heavy atom. The zero-order chi connectivity index (χ0) is 15.0. The number of alkyl halides is 3. The maximum absolute atomic E-state index is 12.5. The van der Waals surface area contributed by atoms with E-state index in [0.29, 0.717) is 13.2 Å². The van der Waals surface area contributed by atoms with Crippen molar-refractivity contribution < 1.29 is 22.6 Å². The molecule has 1 aromatic heterocycles. The van der Waals surface area contributed by atoms with Crippen LogP contribution in [0.2, 0.25) is 0 Å².